The normalized spacial score (nSPS) is 13.0. The average molecular weight is 283 g/mol. The number of aromatic nitrogens is 1. The zero-order valence-electron chi connectivity index (χ0n) is 10.9. The molecule has 0 aliphatic heterocycles. The van der Waals surface area contributed by atoms with Gasteiger partial charge in [0.25, 0.3) is 0 Å². The molecule has 1 atom stereocenters. The van der Waals surface area contributed by atoms with E-state index in [0.29, 0.717) is 0 Å². The summed E-state index contributed by atoms with van der Waals surface area (Å²) >= 11 is 0. The molecular weight excluding hydrogens is 266 g/mol. The van der Waals surface area contributed by atoms with Crippen LogP contribution in [0.1, 0.15) is 13.8 Å². The fraction of sp³-hybridized carbons (Fsp3) is 0.455. The molecule has 0 bridgehead atoms. The molecule has 1 heterocycles. The lowest BCUT2D eigenvalue weighted by molar-refractivity contribution is 0.400. The average Bonchev–Trinajstić information content (AvgIpc) is 2.43. The van der Waals surface area contributed by atoms with Crippen LogP contribution in [0.25, 0.3) is 0 Å². The topological polar surface area (TPSA) is 112 Å². The second-order valence-electron chi connectivity index (χ2n) is 4.00. The van der Waals surface area contributed by atoms with Gasteiger partial charge in [-0.3, -0.25) is 10.8 Å². The first-order valence-electron chi connectivity index (χ1n) is 5.77. The van der Waals surface area contributed by atoms with Crippen LogP contribution < -0.4 is 11.3 Å². The summed E-state index contributed by atoms with van der Waals surface area (Å²) in [6.45, 7) is 3.79. The number of rotatable bonds is 6. The van der Waals surface area contributed by atoms with Crippen LogP contribution in [0.2, 0.25) is 0 Å². The minimum absolute atomic E-state index is 0.00416. The highest BCUT2D eigenvalue weighted by molar-refractivity contribution is 7.89. The van der Waals surface area contributed by atoms with E-state index in [0.717, 1.165) is 0 Å². The Labute approximate surface area is 113 Å². The van der Waals surface area contributed by atoms with Crippen LogP contribution in [0.4, 0.5) is 5.69 Å². The molecule has 0 aliphatic carbocycles. The fourth-order valence-corrected chi connectivity index (χ4v) is 3.22. The van der Waals surface area contributed by atoms with Crippen molar-refractivity contribution in [2.75, 3.05) is 18.5 Å². The smallest absolute Gasteiger partial charge is 0.246 e. The molecule has 0 radical (unpaired) electrons. The Morgan fingerprint density at radius 3 is 2.84 bits per heavy atom. The van der Waals surface area contributed by atoms with Gasteiger partial charge < -0.3 is 5.43 Å². The molecule has 0 saturated carbocycles. The van der Waals surface area contributed by atoms with Gasteiger partial charge in [-0.2, -0.15) is 9.57 Å². The fourth-order valence-electron chi connectivity index (χ4n) is 1.59. The standard InChI is InChI=1S/C11H17N5O2S/c1-3-16(8-9(2)6-12)19(17,18)11-7-14-5-4-10(11)15-13/h4-5,7,9H,3,8,13H2,1-2H3,(H,14,15). The molecule has 0 aliphatic rings. The van der Waals surface area contributed by atoms with Crippen molar-refractivity contribution in [1.82, 2.24) is 9.29 Å². The summed E-state index contributed by atoms with van der Waals surface area (Å²) in [5, 5.41) is 8.80. The minimum Gasteiger partial charge on any atom is -0.323 e. The molecule has 8 heteroatoms. The molecule has 0 saturated heterocycles. The Balaban J connectivity index is 3.18. The van der Waals surface area contributed by atoms with E-state index >= 15 is 0 Å². The highest BCUT2D eigenvalue weighted by Crippen LogP contribution is 2.23. The number of nitrogens with one attached hydrogen (secondary N) is 1. The molecule has 0 fully saturated rings. The Kier molecular flexibility index (Phi) is 5.23. The van der Waals surface area contributed by atoms with E-state index in [4.69, 9.17) is 11.1 Å². The lowest BCUT2D eigenvalue weighted by atomic mass is 10.2. The predicted octanol–water partition coefficient (Wildman–Crippen LogP) is 0.537. The number of pyridine rings is 1. The van der Waals surface area contributed by atoms with Crippen molar-refractivity contribution < 1.29 is 8.42 Å². The maximum Gasteiger partial charge on any atom is 0.246 e. The van der Waals surface area contributed by atoms with Gasteiger partial charge in [0.2, 0.25) is 10.0 Å². The van der Waals surface area contributed by atoms with Crippen LogP contribution in [0.5, 0.6) is 0 Å². The van der Waals surface area contributed by atoms with Gasteiger partial charge in [-0.05, 0) is 13.0 Å². The molecule has 1 aromatic heterocycles. The largest absolute Gasteiger partial charge is 0.323 e. The van der Waals surface area contributed by atoms with Crippen molar-refractivity contribution in [3.63, 3.8) is 0 Å². The van der Waals surface area contributed by atoms with Gasteiger partial charge in [0, 0.05) is 25.5 Å². The van der Waals surface area contributed by atoms with Crippen molar-refractivity contribution >= 4 is 15.7 Å². The molecular formula is C11H17N5O2S. The number of nitriles is 1. The minimum atomic E-state index is -3.72. The van der Waals surface area contributed by atoms with Gasteiger partial charge >= 0.3 is 0 Å². The predicted molar refractivity (Wildman–Crippen MR) is 71.3 cm³/mol. The summed E-state index contributed by atoms with van der Waals surface area (Å²) in [6.07, 6.45) is 2.69. The van der Waals surface area contributed by atoms with Crippen molar-refractivity contribution in [3.05, 3.63) is 18.5 Å². The summed E-state index contributed by atoms with van der Waals surface area (Å²) in [5.74, 6) is 4.92. The quantitative estimate of drug-likeness (QED) is 0.582. The second kappa shape index (κ2) is 6.47. The van der Waals surface area contributed by atoms with Gasteiger partial charge in [0.15, 0.2) is 0 Å². The van der Waals surface area contributed by atoms with Crippen LogP contribution in [0.15, 0.2) is 23.4 Å². The number of anilines is 1. The molecule has 7 nitrogen and oxygen atoms in total. The Morgan fingerprint density at radius 1 is 1.63 bits per heavy atom. The zero-order valence-corrected chi connectivity index (χ0v) is 11.7. The molecule has 3 N–H and O–H groups in total. The van der Waals surface area contributed by atoms with Crippen LogP contribution in [0, 0.1) is 17.2 Å². The summed E-state index contributed by atoms with van der Waals surface area (Å²) in [7, 11) is -3.72. The molecule has 104 valence electrons. The highest BCUT2D eigenvalue weighted by Gasteiger charge is 2.27. The monoisotopic (exact) mass is 283 g/mol. The molecule has 19 heavy (non-hydrogen) atoms. The highest BCUT2D eigenvalue weighted by atomic mass is 32.2. The maximum absolute atomic E-state index is 12.5. The van der Waals surface area contributed by atoms with Gasteiger partial charge in [-0.25, -0.2) is 8.42 Å². The van der Waals surface area contributed by atoms with Crippen LogP contribution >= 0.6 is 0 Å². The van der Waals surface area contributed by atoms with Crippen molar-refractivity contribution in [3.8, 4) is 6.07 Å². The third kappa shape index (κ3) is 3.41. The molecule has 1 aromatic rings. The first-order valence-corrected chi connectivity index (χ1v) is 7.21. The Hall–Kier alpha value is -1.69. The van der Waals surface area contributed by atoms with Crippen LogP contribution in [-0.2, 0) is 10.0 Å². The number of hydrazine groups is 1. The van der Waals surface area contributed by atoms with Crippen molar-refractivity contribution in [1.29, 1.82) is 5.26 Å². The van der Waals surface area contributed by atoms with E-state index in [-0.39, 0.29) is 29.6 Å². The summed E-state index contributed by atoms with van der Waals surface area (Å²) in [5.41, 5.74) is 2.61. The second-order valence-corrected chi connectivity index (χ2v) is 5.91. The lowest BCUT2D eigenvalue weighted by Gasteiger charge is -2.22. The number of hydrogen-bond donors (Lipinski definition) is 2. The first kappa shape index (κ1) is 15.4. The SMILES string of the molecule is CCN(CC(C)C#N)S(=O)(=O)c1cnccc1NN. The molecule has 0 spiro atoms. The van der Waals surface area contributed by atoms with Crippen molar-refractivity contribution in [2.24, 2.45) is 11.8 Å². The summed E-state index contributed by atoms with van der Waals surface area (Å²) < 4.78 is 26.2. The van der Waals surface area contributed by atoms with Crippen LogP contribution in [0.3, 0.4) is 0 Å². The number of hydrogen-bond acceptors (Lipinski definition) is 6. The first-order chi connectivity index (χ1) is 8.97. The van der Waals surface area contributed by atoms with E-state index in [1.54, 1.807) is 13.8 Å². The van der Waals surface area contributed by atoms with Gasteiger partial charge in [-0.1, -0.05) is 6.92 Å². The van der Waals surface area contributed by atoms with Crippen LogP contribution in [-0.4, -0.2) is 30.8 Å². The molecule has 1 rings (SSSR count). The Bertz CT molecular complexity index is 567. The maximum atomic E-state index is 12.5. The summed E-state index contributed by atoms with van der Waals surface area (Å²) in [4.78, 5) is 3.81. The summed E-state index contributed by atoms with van der Waals surface area (Å²) in [6, 6.07) is 3.50. The van der Waals surface area contributed by atoms with Crippen molar-refractivity contribution in [2.45, 2.75) is 18.7 Å². The van der Waals surface area contributed by atoms with E-state index in [2.05, 4.69) is 10.4 Å². The molecule has 1 unspecified atom stereocenters. The molecule has 0 aromatic carbocycles. The van der Waals surface area contributed by atoms with E-state index < -0.39 is 10.0 Å². The number of nitrogens with two attached hydrogens (primary N) is 1. The number of sulfonamides is 1. The third-order valence-corrected chi connectivity index (χ3v) is 4.58. The van der Waals surface area contributed by atoms with E-state index in [1.165, 1.54) is 22.8 Å². The van der Waals surface area contributed by atoms with Gasteiger partial charge in [0.1, 0.15) is 4.90 Å². The van der Waals surface area contributed by atoms with E-state index in [9.17, 15) is 8.42 Å². The van der Waals surface area contributed by atoms with Gasteiger partial charge in [-0.15, -0.1) is 0 Å². The Morgan fingerprint density at radius 2 is 2.32 bits per heavy atom. The zero-order chi connectivity index (χ0) is 14.5. The number of nitrogen functional groups attached to an aromatic ring is 1. The molecule has 0 amide bonds. The number of nitrogens with zero attached hydrogens (tertiary/aromatic N) is 3. The van der Waals surface area contributed by atoms with E-state index in [1.807, 2.05) is 6.07 Å². The third-order valence-electron chi connectivity index (χ3n) is 2.61. The lowest BCUT2D eigenvalue weighted by Crippen LogP contribution is -2.35. The van der Waals surface area contributed by atoms with Gasteiger partial charge in [0.05, 0.1) is 17.7 Å².